The van der Waals surface area contributed by atoms with Gasteiger partial charge in [-0.2, -0.15) is 0 Å². The highest BCUT2D eigenvalue weighted by Gasteiger charge is 2.28. The summed E-state index contributed by atoms with van der Waals surface area (Å²) in [5.41, 5.74) is 2.53. The molecule has 0 atom stereocenters. The highest BCUT2D eigenvalue weighted by Crippen LogP contribution is 2.31. The molecule has 1 aliphatic rings. The molecule has 1 aliphatic heterocycles. The summed E-state index contributed by atoms with van der Waals surface area (Å²) >= 11 is 0. The summed E-state index contributed by atoms with van der Waals surface area (Å²) in [6.07, 6.45) is 2.10. The number of hydrogen-bond donors (Lipinski definition) is 1. The maximum Gasteiger partial charge on any atom is 0.255 e. The first-order chi connectivity index (χ1) is 15.4. The van der Waals surface area contributed by atoms with Crippen molar-refractivity contribution in [2.45, 2.75) is 13.3 Å². The molecule has 166 valence electrons. The molecule has 1 amide bonds. The van der Waals surface area contributed by atoms with E-state index in [0.29, 0.717) is 47.3 Å². The van der Waals surface area contributed by atoms with Crippen LogP contribution in [0, 0.1) is 6.92 Å². The number of rotatable bonds is 6. The molecule has 0 saturated carbocycles. The van der Waals surface area contributed by atoms with Gasteiger partial charge >= 0.3 is 0 Å². The number of carbonyl (C=O) groups excluding carboxylic acids is 1. The van der Waals surface area contributed by atoms with Crippen molar-refractivity contribution in [2.75, 3.05) is 29.0 Å². The number of ether oxygens (including phenoxy) is 2. The summed E-state index contributed by atoms with van der Waals surface area (Å²) in [5, 5.41) is 2.77. The average molecular weight is 454 g/mol. The Balaban J connectivity index is 1.41. The van der Waals surface area contributed by atoms with Gasteiger partial charge < -0.3 is 14.8 Å². The molecule has 1 saturated heterocycles. The number of benzene rings is 2. The van der Waals surface area contributed by atoms with Crippen LogP contribution in [0.15, 0.2) is 60.8 Å². The van der Waals surface area contributed by atoms with Gasteiger partial charge in [-0.15, -0.1) is 0 Å². The van der Waals surface area contributed by atoms with E-state index in [4.69, 9.17) is 9.47 Å². The highest BCUT2D eigenvalue weighted by atomic mass is 32.2. The van der Waals surface area contributed by atoms with Gasteiger partial charge in [0.1, 0.15) is 0 Å². The molecule has 0 radical (unpaired) electrons. The number of aryl methyl sites for hydroxylation is 1. The topological polar surface area (TPSA) is 97.8 Å². The molecule has 9 heteroatoms. The van der Waals surface area contributed by atoms with Crippen LogP contribution in [-0.2, 0) is 10.0 Å². The van der Waals surface area contributed by atoms with Crippen LogP contribution in [-0.4, -0.2) is 38.7 Å². The van der Waals surface area contributed by atoms with Gasteiger partial charge in [0.2, 0.25) is 15.9 Å². The van der Waals surface area contributed by atoms with Gasteiger partial charge in [-0.25, -0.2) is 13.4 Å². The van der Waals surface area contributed by atoms with Gasteiger partial charge in [-0.3, -0.25) is 9.10 Å². The molecule has 1 N–H and O–H groups in total. The van der Waals surface area contributed by atoms with Crippen LogP contribution in [0.1, 0.15) is 22.3 Å². The van der Waals surface area contributed by atoms with E-state index >= 15 is 0 Å². The summed E-state index contributed by atoms with van der Waals surface area (Å²) in [6, 6.07) is 15.4. The van der Waals surface area contributed by atoms with Crippen LogP contribution in [0.4, 0.5) is 11.4 Å². The number of pyridine rings is 1. The Morgan fingerprint density at radius 2 is 1.84 bits per heavy atom. The molecule has 1 fully saturated rings. The summed E-state index contributed by atoms with van der Waals surface area (Å²) in [7, 11) is -1.68. The smallest absolute Gasteiger partial charge is 0.255 e. The second kappa shape index (κ2) is 8.88. The zero-order valence-electron chi connectivity index (χ0n) is 17.7. The number of methoxy groups -OCH3 is 1. The average Bonchev–Trinajstić information content (AvgIpc) is 3.15. The third kappa shape index (κ3) is 4.67. The lowest BCUT2D eigenvalue weighted by molar-refractivity contribution is 0.102. The summed E-state index contributed by atoms with van der Waals surface area (Å²) in [6.45, 7) is 2.42. The zero-order chi connectivity index (χ0) is 22.7. The Bertz CT molecular complexity index is 1230. The monoisotopic (exact) mass is 453 g/mol. The van der Waals surface area contributed by atoms with E-state index < -0.39 is 10.0 Å². The molecular formula is C23H23N3O5S. The minimum absolute atomic E-state index is 0.151. The van der Waals surface area contributed by atoms with Crippen molar-refractivity contribution in [3.8, 4) is 17.4 Å². The third-order valence-corrected chi connectivity index (χ3v) is 6.91. The molecule has 1 aromatic heterocycles. The first-order valence-electron chi connectivity index (χ1n) is 10.1. The van der Waals surface area contributed by atoms with Gasteiger partial charge in [0, 0.05) is 18.2 Å². The molecule has 0 bridgehead atoms. The first kappa shape index (κ1) is 21.6. The van der Waals surface area contributed by atoms with Crippen molar-refractivity contribution >= 4 is 27.3 Å². The summed E-state index contributed by atoms with van der Waals surface area (Å²) < 4.78 is 36.6. The van der Waals surface area contributed by atoms with Crippen LogP contribution in [0.5, 0.6) is 17.4 Å². The molecule has 3 aromatic rings. The number of carbonyl (C=O) groups is 1. The van der Waals surface area contributed by atoms with Crippen molar-refractivity contribution in [2.24, 2.45) is 0 Å². The van der Waals surface area contributed by atoms with E-state index in [0.717, 1.165) is 5.56 Å². The number of sulfonamides is 1. The van der Waals surface area contributed by atoms with Crippen molar-refractivity contribution in [3.63, 3.8) is 0 Å². The standard InChI is InChI=1S/C23H23N3O5S/c1-16-4-10-20(21(14-16)30-2)31-22-11-7-18(15-24-22)25-23(27)17-5-8-19(9-6-17)26-12-3-13-32(26,28)29/h4-11,14-15H,3,12-13H2,1-2H3,(H,25,27). The van der Waals surface area contributed by atoms with E-state index in [1.54, 1.807) is 43.5 Å². The van der Waals surface area contributed by atoms with Gasteiger partial charge in [0.15, 0.2) is 11.5 Å². The molecule has 8 nitrogen and oxygen atoms in total. The number of amides is 1. The number of aromatic nitrogens is 1. The molecule has 2 aromatic carbocycles. The molecule has 2 heterocycles. The van der Waals surface area contributed by atoms with Crippen molar-refractivity contribution < 1.29 is 22.7 Å². The van der Waals surface area contributed by atoms with E-state index in [-0.39, 0.29) is 11.7 Å². The SMILES string of the molecule is COc1cc(C)ccc1Oc1ccc(NC(=O)c2ccc(N3CCCS3(=O)=O)cc2)cn1. The minimum Gasteiger partial charge on any atom is -0.493 e. The molecular weight excluding hydrogens is 430 g/mol. The Kier molecular flexibility index (Phi) is 6.00. The van der Waals surface area contributed by atoms with E-state index in [1.165, 1.54) is 10.5 Å². The highest BCUT2D eigenvalue weighted by molar-refractivity contribution is 7.93. The normalized spacial score (nSPS) is 14.8. The van der Waals surface area contributed by atoms with Crippen LogP contribution in [0.2, 0.25) is 0 Å². The number of nitrogens with zero attached hydrogens (tertiary/aromatic N) is 2. The van der Waals surface area contributed by atoms with Gasteiger partial charge in [-0.05, 0) is 61.4 Å². The fraction of sp³-hybridized carbons (Fsp3) is 0.217. The summed E-state index contributed by atoms with van der Waals surface area (Å²) in [4.78, 5) is 16.8. The minimum atomic E-state index is -3.25. The molecule has 0 unspecified atom stereocenters. The van der Waals surface area contributed by atoms with E-state index in [1.807, 2.05) is 25.1 Å². The first-order valence-corrected chi connectivity index (χ1v) is 11.7. The lowest BCUT2D eigenvalue weighted by atomic mass is 10.2. The van der Waals surface area contributed by atoms with Crippen LogP contribution < -0.4 is 19.1 Å². The van der Waals surface area contributed by atoms with Crippen LogP contribution in [0.25, 0.3) is 0 Å². The Morgan fingerprint density at radius 1 is 1.06 bits per heavy atom. The molecule has 4 rings (SSSR count). The largest absolute Gasteiger partial charge is 0.493 e. The molecule has 0 spiro atoms. The zero-order valence-corrected chi connectivity index (χ0v) is 18.6. The Labute approximate surface area is 186 Å². The fourth-order valence-corrected chi connectivity index (χ4v) is 4.96. The fourth-order valence-electron chi connectivity index (χ4n) is 3.40. The molecule has 0 aliphatic carbocycles. The predicted octanol–water partition coefficient (Wildman–Crippen LogP) is 3.98. The van der Waals surface area contributed by atoms with Gasteiger partial charge in [0.05, 0.1) is 30.4 Å². The second-order valence-corrected chi connectivity index (χ2v) is 9.40. The van der Waals surface area contributed by atoms with Gasteiger partial charge in [0.25, 0.3) is 5.91 Å². The Morgan fingerprint density at radius 3 is 2.47 bits per heavy atom. The van der Waals surface area contributed by atoms with E-state index in [2.05, 4.69) is 10.3 Å². The van der Waals surface area contributed by atoms with Gasteiger partial charge in [-0.1, -0.05) is 6.07 Å². The maximum atomic E-state index is 12.5. The third-order valence-electron chi connectivity index (χ3n) is 5.04. The lowest BCUT2D eigenvalue weighted by Gasteiger charge is -2.17. The predicted molar refractivity (Wildman–Crippen MR) is 122 cm³/mol. The number of nitrogens with one attached hydrogen (secondary N) is 1. The molecule has 32 heavy (non-hydrogen) atoms. The van der Waals surface area contributed by atoms with Crippen LogP contribution >= 0.6 is 0 Å². The maximum absolute atomic E-state index is 12.5. The van der Waals surface area contributed by atoms with Crippen molar-refractivity contribution in [1.82, 2.24) is 4.98 Å². The number of anilines is 2. The van der Waals surface area contributed by atoms with Crippen molar-refractivity contribution in [3.05, 3.63) is 71.9 Å². The summed E-state index contributed by atoms with van der Waals surface area (Å²) in [5.74, 6) is 1.34. The Hall–Kier alpha value is -3.59. The number of hydrogen-bond acceptors (Lipinski definition) is 6. The quantitative estimate of drug-likeness (QED) is 0.606. The van der Waals surface area contributed by atoms with Crippen molar-refractivity contribution in [1.29, 1.82) is 0 Å². The lowest BCUT2D eigenvalue weighted by Crippen LogP contribution is -2.25. The van der Waals surface area contributed by atoms with Crippen LogP contribution in [0.3, 0.4) is 0 Å². The van der Waals surface area contributed by atoms with E-state index in [9.17, 15) is 13.2 Å². The second-order valence-electron chi connectivity index (χ2n) is 7.38.